The van der Waals surface area contributed by atoms with E-state index in [2.05, 4.69) is 20.3 Å². The molecule has 1 fully saturated rings. The van der Waals surface area contributed by atoms with Gasteiger partial charge in [-0.2, -0.15) is 5.10 Å². The van der Waals surface area contributed by atoms with Crippen molar-refractivity contribution in [2.45, 2.75) is 19.3 Å². The maximum Gasteiger partial charge on any atom is 0.194 e. The van der Waals surface area contributed by atoms with Crippen LogP contribution in [0.3, 0.4) is 0 Å². The summed E-state index contributed by atoms with van der Waals surface area (Å²) >= 11 is 0. The van der Waals surface area contributed by atoms with Crippen LogP contribution in [0.1, 0.15) is 22.8 Å². The standard InChI is InChI=1S/C24H28FN5O2.HI/c1-26-24(30-10-11-31-23(16-30)20-14-28-29(2)15-20)27-13-18-6-8-22(9-7-18)32-17-19-4-3-5-21(25)12-19;/h3-9,12,14-15,23H,10-11,13,16-17H2,1-2H3,(H,26,27);1H. The summed E-state index contributed by atoms with van der Waals surface area (Å²) in [6.07, 6.45) is 3.82. The highest BCUT2D eigenvalue weighted by Gasteiger charge is 2.25. The Labute approximate surface area is 210 Å². The van der Waals surface area contributed by atoms with Crippen molar-refractivity contribution in [1.29, 1.82) is 0 Å². The minimum absolute atomic E-state index is 0. The average Bonchev–Trinajstić information content (AvgIpc) is 3.25. The second-order valence-corrected chi connectivity index (χ2v) is 7.72. The van der Waals surface area contributed by atoms with Crippen LogP contribution in [0.25, 0.3) is 0 Å². The number of morpholine rings is 1. The third kappa shape index (κ3) is 6.91. The summed E-state index contributed by atoms with van der Waals surface area (Å²) in [5, 5.41) is 7.68. The van der Waals surface area contributed by atoms with Crippen LogP contribution in [0.5, 0.6) is 5.75 Å². The molecular formula is C24H29FIN5O2. The second-order valence-electron chi connectivity index (χ2n) is 7.72. The molecule has 2 heterocycles. The number of aromatic nitrogens is 2. The Bertz CT molecular complexity index is 1060. The zero-order valence-electron chi connectivity index (χ0n) is 18.8. The van der Waals surface area contributed by atoms with Crippen molar-refractivity contribution in [1.82, 2.24) is 20.0 Å². The Kier molecular flexibility index (Phi) is 9.07. The lowest BCUT2D eigenvalue weighted by Gasteiger charge is -2.34. The lowest BCUT2D eigenvalue weighted by Crippen LogP contribution is -2.47. The molecule has 0 amide bonds. The van der Waals surface area contributed by atoms with Gasteiger partial charge in [-0.25, -0.2) is 4.39 Å². The topological polar surface area (TPSA) is 63.9 Å². The summed E-state index contributed by atoms with van der Waals surface area (Å²) < 4.78 is 26.8. The zero-order chi connectivity index (χ0) is 22.3. The molecule has 4 rings (SSSR count). The molecule has 0 saturated carbocycles. The molecule has 33 heavy (non-hydrogen) atoms. The minimum atomic E-state index is -0.257. The number of rotatable bonds is 6. The van der Waals surface area contributed by atoms with Crippen LogP contribution in [0.2, 0.25) is 0 Å². The van der Waals surface area contributed by atoms with E-state index in [9.17, 15) is 4.39 Å². The molecule has 7 nitrogen and oxygen atoms in total. The molecule has 1 N–H and O–H groups in total. The number of aryl methyl sites for hydroxylation is 1. The first-order valence-electron chi connectivity index (χ1n) is 10.6. The van der Waals surface area contributed by atoms with Crippen LogP contribution in [0.15, 0.2) is 65.9 Å². The van der Waals surface area contributed by atoms with E-state index in [4.69, 9.17) is 9.47 Å². The summed E-state index contributed by atoms with van der Waals surface area (Å²) in [5.74, 6) is 1.33. The summed E-state index contributed by atoms with van der Waals surface area (Å²) in [6, 6.07) is 14.3. The first-order chi connectivity index (χ1) is 15.6. The number of hydrogen-bond donors (Lipinski definition) is 1. The van der Waals surface area contributed by atoms with Gasteiger partial charge in [0.2, 0.25) is 0 Å². The monoisotopic (exact) mass is 565 g/mol. The van der Waals surface area contributed by atoms with E-state index < -0.39 is 0 Å². The number of benzene rings is 2. The number of nitrogens with zero attached hydrogens (tertiary/aromatic N) is 4. The second kappa shape index (κ2) is 12.0. The molecule has 1 aliphatic rings. The predicted octanol–water partition coefficient (Wildman–Crippen LogP) is 3.91. The molecule has 1 atom stereocenters. The fourth-order valence-corrected chi connectivity index (χ4v) is 3.66. The van der Waals surface area contributed by atoms with E-state index in [1.807, 2.05) is 49.8 Å². The third-order valence-electron chi connectivity index (χ3n) is 5.34. The van der Waals surface area contributed by atoms with Gasteiger partial charge in [0, 0.05) is 38.9 Å². The molecule has 1 saturated heterocycles. The molecule has 1 unspecified atom stereocenters. The van der Waals surface area contributed by atoms with Gasteiger partial charge >= 0.3 is 0 Å². The Morgan fingerprint density at radius 2 is 2.06 bits per heavy atom. The smallest absolute Gasteiger partial charge is 0.194 e. The van der Waals surface area contributed by atoms with Crippen LogP contribution >= 0.6 is 24.0 Å². The molecule has 0 radical (unpaired) electrons. The molecule has 1 aromatic heterocycles. The highest BCUT2D eigenvalue weighted by molar-refractivity contribution is 14.0. The number of halogens is 2. The number of nitrogens with one attached hydrogen (secondary N) is 1. The number of hydrogen-bond acceptors (Lipinski definition) is 4. The zero-order valence-corrected chi connectivity index (χ0v) is 21.1. The highest BCUT2D eigenvalue weighted by atomic mass is 127. The maximum absolute atomic E-state index is 13.3. The van der Waals surface area contributed by atoms with Gasteiger partial charge in [-0.3, -0.25) is 9.67 Å². The van der Waals surface area contributed by atoms with Crippen LogP contribution in [-0.2, 0) is 24.9 Å². The summed E-state index contributed by atoms with van der Waals surface area (Å²) in [7, 11) is 3.70. The largest absolute Gasteiger partial charge is 0.489 e. The van der Waals surface area contributed by atoms with E-state index in [1.165, 1.54) is 12.1 Å². The molecular weight excluding hydrogens is 536 g/mol. The summed E-state index contributed by atoms with van der Waals surface area (Å²) in [5.41, 5.74) is 2.98. The minimum Gasteiger partial charge on any atom is -0.489 e. The normalized spacial score (nSPS) is 16.3. The third-order valence-corrected chi connectivity index (χ3v) is 5.34. The van der Waals surface area contributed by atoms with Gasteiger partial charge in [-0.15, -0.1) is 24.0 Å². The summed E-state index contributed by atoms with van der Waals surface area (Å²) in [6.45, 7) is 3.11. The van der Waals surface area contributed by atoms with Gasteiger partial charge < -0.3 is 19.7 Å². The SMILES string of the molecule is CN=C(NCc1ccc(OCc2cccc(F)c2)cc1)N1CCOC(c2cnn(C)c2)C1.I. The first-order valence-corrected chi connectivity index (χ1v) is 10.6. The van der Waals surface area contributed by atoms with Crippen LogP contribution in [0, 0.1) is 5.82 Å². The first kappa shape index (κ1) is 25.0. The van der Waals surface area contributed by atoms with Crippen molar-refractivity contribution in [3.63, 3.8) is 0 Å². The highest BCUT2D eigenvalue weighted by Crippen LogP contribution is 2.22. The van der Waals surface area contributed by atoms with Crippen molar-refractivity contribution >= 4 is 29.9 Å². The maximum atomic E-state index is 13.3. The van der Waals surface area contributed by atoms with E-state index in [0.717, 1.165) is 41.5 Å². The van der Waals surface area contributed by atoms with Gasteiger partial charge in [-0.05, 0) is 35.4 Å². The Balaban J connectivity index is 0.00000306. The van der Waals surface area contributed by atoms with E-state index in [-0.39, 0.29) is 35.9 Å². The molecule has 0 aliphatic carbocycles. The van der Waals surface area contributed by atoms with Gasteiger partial charge in [0.15, 0.2) is 5.96 Å². The van der Waals surface area contributed by atoms with Crippen molar-refractivity contribution in [2.75, 3.05) is 26.7 Å². The number of aliphatic imine (C=N–C) groups is 1. The molecule has 176 valence electrons. The Hall–Kier alpha value is -2.66. The van der Waals surface area contributed by atoms with Crippen molar-refractivity contribution in [3.05, 3.63) is 83.4 Å². The van der Waals surface area contributed by atoms with Crippen molar-refractivity contribution in [2.24, 2.45) is 12.0 Å². The quantitative estimate of drug-likeness (QED) is 0.279. The van der Waals surface area contributed by atoms with E-state index in [0.29, 0.717) is 19.8 Å². The summed E-state index contributed by atoms with van der Waals surface area (Å²) in [4.78, 5) is 6.65. The molecule has 9 heteroatoms. The fraction of sp³-hybridized carbons (Fsp3) is 0.333. The van der Waals surface area contributed by atoms with Gasteiger partial charge in [0.05, 0.1) is 19.3 Å². The van der Waals surface area contributed by atoms with Crippen molar-refractivity contribution in [3.8, 4) is 5.75 Å². The van der Waals surface area contributed by atoms with Gasteiger partial charge in [0.1, 0.15) is 24.3 Å². The molecule has 0 bridgehead atoms. The van der Waals surface area contributed by atoms with Crippen LogP contribution in [-0.4, -0.2) is 47.4 Å². The number of ether oxygens (including phenoxy) is 2. The van der Waals surface area contributed by atoms with Gasteiger partial charge in [-0.1, -0.05) is 24.3 Å². The van der Waals surface area contributed by atoms with Crippen LogP contribution in [0.4, 0.5) is 4.39 Å². The Morgan fingerprint density at radius 3 is 2.76 bits per heavy atom. The lowest BCUT2D eigenvalue weighted by molar-refractivity contribution is -0.00805. The number of guanidine groups is 1. The lowest BCUT2D eigenvalue weighted by atomic mass is 10.1. The van der Waals surface area contributed by atoms with Crippen molar-refractivity contribution < 1.29 is 13.9 Å². The molecule has 3 aromatic rings. The Morgan fingerprint density at radius 1 is 1.24 bits per heavy atom. The predicted molar refractivity (Wildman–Crippen MR) is 136 cm³/mol. The molecule has 0 spiro atoms. The molecule has 2 aromatic carbocycles. The van der Waals surface area contributed by atoms with E-state index >= 15 is 0 Å². The van der Waals surface area contributed by atoms with Crippen LogP contribution < -0.4 is 10.1 Å². The fourth-order valence-electron chi connectivity index (χ4n) is 3.66. The van der Waals surface area contributed by atoms with Gasteiger partial charge in [0.25, 0.3) is 0 Å². The van der Waals surface area contributed by atoms with E-state index in [1.54, 1.807) is 17.8 Å². The molecule has 1 aliphatic heterocycles. The average molecular weight is 565 g/mol.